The fraction of sp³-hybridized carbons (Fsp3) is 0.533. The number of hydrogen-bond acceptors (Lipinski definition) is 3. The quantitative estimate of drug-likeness (QED) is 0.875. The zero-order valence-corrected chi connectivity index (χ0v) is 13.3. The lowest BCUT2D eigenvalue weighted by Gasteiger charge is -2.26. The molecule has 4 nitrogen and oxygen atoms in total. The Morgan fingerprint density at radius 1 is 1.45 bits per heavy atom. The van der Waals surface area contributed by atoms with Gasteiger partial charge in [-0.05, 0) is 30.5 Å². The lowest BCUT2D eigenvalue weighted by molar-refractivity contribution is -0.117. The van der Waals surface area contributed by atoms with Crippen molar-refractivity contribution in [2.24, 2.45) is 11.1 Å². The number of carbonyl (C=O) groups is 1. The number of amides is 1. The van der Waals surface area contributed by atoms with Crippen molar-refractivity contribution < 1.29 is 9.53 Å². The van der Waals surface area contributed by atoms with Crippen LogP contribution in [0.25, 0.3) is 0 Å². The summed E-state index contributed by atoms with van der Waals surface area (Å²) in [4.78, 5) is 11.9. The maximum Gasteiger partial charge on any atom is 0.225 e. The molecular weight excluding hydrogens is 276 g/mol. The third kappa shape index (κ3) is 5.02. The second-order valence-electron chi connectivity index (χ2n) is 5.80. The van der Waals surface area contributed by atoms with E-state index in [0.717, 1.165) is 0 Å². The molecule has 1 unspecified atom stereocenters. The van der Waals surface area contributed by atoms with E-state index in [2.05, 4.69) is 5.32 Å². The molecule has 0 heterocycles. The Hall–Kier alpha value is -1.26. The minimum absolute atomic E-state index is 0.103. The molecule has 0 aliphatic rings. The predicted molar refractivity (Wildman–Crippen MR) is 83.3 cm³/mol. The van der Waals surface area contributed by atoms with E-state index >= 15 is 0 Å². The zero-order chi connectivity index (χ0) is 15.3. The Balaban J connectivity index is 2.65. The molecule has 5 heteroatoms. The van der Waals surface area contributed by atoms with E-state index in [1.807, 2.05) is 27.7 Å². The molecule has 3 N–H and O–H groups in total. The summed E-state index contributed by atoms with van der Waals surface area (Å²) >= 11 is 6.07. The van der Waals surface area contributed by atoms with E-state index in [0.29, 0.717) is 23.1 Å². The topological polar surface area (TPSA) is 64.3 Å². The molecule has 112 valence electrons. The minimum Gasteiger partial charge on any atom is -0.492 e. The molecule has 0 saturated carbocycles. The molecule has 0 aromatic heterocycles. The van der Waals surface area contributed by atoms with Crippen molar-refractivity contribution in [1.82, 2.24) is 0 Å². The molecule has 1 atom stereocenters. The van der Waals surface area contributed by atoms with Gasteiger partial charge in [0.15, 0.2) is 0 Å². The monoisotopic (exact) mass is 298 g/mol. The molecule has 1 aromatic rings. The van der Waals surface area contributed by atoms with Crippen molar-refractivity contribution in [2.45, 2.75) is 40.2 Å². The van der Waals surface area contributed by atoms with Gasteiger partial charge in [-0.1, -0.05) is 32.4 Å². The molecule has 0 aliphatic heterocycles. The number of rotatable bonds is 5. The molecule has 0 spiro atoms. The summed E-state index contributed by atoms with van der Waals surface area (Å²) in [5.41, 5.74) is 6.53. The number of halogens is 1. The summed E-state index contributed by atoms with van der Waals surface area (Å²) in [6, 6.07) is 4.98. The summed E-state index contributed by atoms with van der Waals surface area (Å²) in [6.07, 6.45) is 0.272. The number of anilines is 1. The van der Waals surface area contributed by atoms with Crippen molar-refractivity contribution in [3.05, 3.63) is 23.2 Å². The maximum absolute atomic E-state index is 11.9. The van der Waals surface area contributed by atoms with Crippen molar-refractivity contribution in [1.29, 1.82) is 0 Å². The van der Waals surface area contributed by atoms with Crippen LogP contribution in [0.4, 0.5) is 5.69 Å². The van der Waals surface area contributed by atoms with E-state index in [1.54, 1.807) is 18.2 Å². The SMILES string of the molecule is CCOc1ccc(NC(=O)CC(N)C(C)(C)C)cc1Cl. The van der Waals surface area contributed by atoms with Crippen LogP contribution in [0.1, 0.15) is 34.1 Å². The van der Waals surface area contributed by atoms with Crippen molar-refractivity contribution in [3.8, 4) is 5.75 Å². The maximum atomic E-state index is 11.9. The average Bonchev–Trinajstić information content (AvgIpc) is 2.31. The summed E-state index contributed by atoms with van der Waals surface area (Å²) < 4.78 is 5.34. The number of benzene rings is 1. The van der Waals surface area contributed by atoms with Gasteiger partial charge in [0.2, 0.25) is 5.91 Å². The molecule has 0 saturated heterocycles. The molecule has 0 radical (unpaired) electrons. The lowest BCUT2D eigenvalue weighted by atomic mass is 9.85. The molecule has 0 fully saturated rings. The lowest BCUT2D eigenvalue weighted by Crippen LogP contribution is -2.38. The molecule has 1 amide bonds. The van der Waals surface area contributed by atoms with E-state index in [1.165, 1.54) is 0 Å². The highest BCUT2D eigenvalue weighted by Crippen LogP contribution is 2.28. The number of hydrogen-bond donors (Lipinski definition) is 2. The summed E-state index contributed by atoms with van der Waals surface area (Å²) in [5, 5.41) is 3.27. The zero-order valence-electron chi connectivity index (χ0n) is 12.5. The van der Waals surface area contributed by atoms with Gasteiger partial charge in [0.1, 0.15) is 5.75 Å². The molecule has 20 heavy (non-hydrogen) atoms. The molecule has 0 bridgehead atoms. The van der Waals surface area contributed by atoms with Crippen molar-refractivity contribution in [2.75, 3.05) is 11.9 Å². The van der Waals surface area contributed by atoms with Gasteiger partial charge in [0.05, 0.1) is 11.6 Å². The van der Waals surface area contributed by atoms with Crippen LogP contribution in [0.2, 0.25) is 5.02 Å². The van der Waals surface area contributed by atoms with Gasteiger partial charge in [-0.3, -0.25) is 4.79 Å². The van der Waals surface area contributed by atoms with Crippen LogP contribution < -0.4 is 15.8 Å². The smallest absolute Gasteiger partial charge is 0.225 e. The van der Waals surface area contributed by atoms with Gasteiger partial charge in [-0.2, -0.15) is 0 Å². The average molecular weight is 299 g/mol. The third-order valence-electron chi connectivity index (χ3n) is 3.03. The normalized spacial score (nSPS) is 12.9. The first-order valence-electron chi connectivity index (χ1n) is 6.71. The first-order valence-corrected chi connectivity index (χ1v) is 7.09. The van der Waals surface area contributed by atoms with E-state index in [9.17, 15) is 4.79 Å². The van der Waals surface area contributed by atoms with Gasteiger partial charge in [-0.15, -0.1) is 0 Å². The van der Waals surface area contributed by atoms with E-state index in [4.69, 9.17) is 22.1 Å². The van der Waals surface area contributed by atoms with Crippen LogP contribution in [0, 0.1) is 5.41 Å². The number of nitrogens with two attached hydrogens (primary N) is 1. The second-order valence-corrected chi connectivity index (χ2v) is 6.21. The second kappa shape index (κ2) is 6.95. The standard InChI is InChI=1S/C15H23ClN2O2/c1-5-20-12-7-6-10(8-11(12)16)18-14(19)9-13(17)15(2,3)4/h6-8,13H,5,9,17H2,1-4H3,(H,18,19). The fourth-order valence-electron chi connectivity index (χ4n) is 1.57. The number of carbonyl (C=O) groups excluding carboxylic acids is 1. The molecule has 0 aliphatic carbocycles. The number of nitrogens with one attached hydrogen (secondary N) is 1. The first-order chi connectivity index (χ1) is 9.24. The highest BCUT2D eigenvalue weighted by Gasteiger charge is 2.23. The fourth-order valence-corrected chi connectivity index (χ4v) is 1.80. The Kier molecular flexibility index (Phi) is 5.84. The van der Waals surface area contributed by atoms with Crippen LogP contribution in [0.15, 0.2) is 18.2 Å². The summed E-state index contributed by atoms with van der Waals surface area (Å²) in [7, 11) is 0. The summed E-state index contributed by atoms with van der Waals surface area (Å²) in [6.45, 7) is 8.47. The largest absolute Gasteiger partial charge is 0.492 e. The Bertz CT molecular complexity index is 469. The molecular formula is C15H23ClN2O2. The van der Waals surface area contributed by atoms with Crippen molar-refractivity contribution >= 4 is 23.2 Å². The van der Waals surface area contributed by atoms with Gasteiger partial charge < -0.3 is 15.8 Å². The van der Waals surface area contributed by atoms with E-state index in [-0.39, 0.29) is 23.8 Å². The van der Waals surface area contributed by atoms with Gasteiger partial charge in [0, 0.05) is 18.2 Å². The van der Waals surface area contributed by atoms with Crippen molar-refractivity contribution in [3.63, 3.8) is 0 Å². The van der Waals surface area contributed by atoms with Crippen LogP contribution in [-0.2, 0) is 4.79 Å². The third-order valence-corrected chi connectivity index (χ3v) is 3.33. The predicted octanol–water partition coefficient (Wildman–Crippen LogP) is 3.44. The Morgan fingerprint density at radius 3 is 2.60 bits per heavy atom. The van der Waals surface area contributed by atoms with E-state index < -0.39 is 0 Å². The Morgan fingerprint density at radius 2 is 2.10 bits per heavy atom. The number of ether oxygens (including phenoxy) is 1. The van der Waals surface area contributed by atoms with Crippen LogP contribution in [0.3, 0.4) is 0 Å². The van der Waals surface area contributed by atoms with Crippen LogP contribution >= 0.6 is 11.6 Å². The van der Waals surface area contributed by atoms with Crippen LogP contribution in [-0.4, -0.2) is 18.6 Å². The highest BCUT2D eigenvalue weighted by atomic mass is 35.5. The highest BCUT2D eigenvalue weighted by molar-refractivity contribution is 6.32. The first kappa shape index (κ1) is 16.8. The minimum atomic E-state index is -0.194. The molecule has 1 rings (SSSR count). The molecule has 1 aromatic carbocycles. The van der Waals surface area contributed by atoms with Gasteiger partial charge in [-0.25, -0.2) is 0 Å². The van der Waals surface area contributed by atoms with Gasteiger partial charge >= 0.3 is 0 Å². The van der Waals surface area contributed by atoms with Crippen LogP contribution in [0.5, 0.6) is 5.75 Å². The Labute approximate surface area is 125 Å². The van der Waals surface area contributed by atoms with Gasteiger partial charge in [0.25, 0.3) is 0 Å². The summed E-state index contributed by atoms with van der Waals surface area (Å²) in [5.74, 6) is 0.492.